The van der Waals surface area contributed by atoms with Gasteiger partial charge in [0.2, 0.25) is 0 Å². The van der Waals surface area contributed by atoms with Crippen LogP contribution in [-0.2, 0) is 13.5 Å². The number of carbonyl (C=O) groups is 1. The van der Waals surface area contributed by atoms with Crippen molar-refractivity contribution < 1.29 is 4.79 Å². The van der Waals surface area contributed by atoms with Crippen LogP contribution in [0.25, 0.3) is 0 Å². The molecule has 1 aromatic heterocycles. The van der Waals surface area contributed by atoms with Gasteiger partial charge in [0.25, 0.3) is 5.91 Å². The second-order valence-electron chi connectivity index (χ2n) is 5.85. The highest BCUT2D eigenvalue weighted by molar-refractivity contribution is 5.98. The molecule has 0 bridgehead atoms. The molecule has 1 saturated carbocycles. The number of nitrogens with zero attached hydrogens (tertiary/aromatic N) is 3. The van der Waals surface area contributed by atoms with E-state index in [1.165, 1.54) is 19.3 Å². The van der Waals surface area contributed by atoms with E-state index in [9.17, 15) is 4.79 Å². The Balaban J connectivity index is 1.83. The fourth-order valence-corrected chi connectivity index (χ4v) is 3.66. The number of hydrogen-bond acceptors (Lipinski definition) is 3. The molecule has 2 atom stereocenters. The van der Waals surface area contributed by atoms with E-state index in [-0.39, 0.29) is 5.91 Å². The maximum atomic E-state index is 12.6. The molecule has 19 heavy (non-hydrogen) atoms. The lowest BCUT2D eigenvalue weighted by Gasteiger charge is -2.17. The van der Waals surface area contributed by atoms with Gasteiger partial charge in [0.1, 0.15) is 5.69 Å². The Bertz CT molecular complexity index is 496. The molecule has 0 aromatic carbocycles. The first kappa shape index (κ1) is 12.5. The lowest BCUT2D eigenvalue weighted by atomic mass is 10.0. The summed E-state index contributed by atoms with van der Waals surface area (Å²) in [5.41, 5.74) is 8.02. The normalized spacial score (nSPS) is 25.9. The van der Waals surface area contributed by atoms with Crippen molar-refractivity contribution >= 4 is 11.6 Å². The first-order valence-electron chi connectivity index (χ1n) is 7.22. The molecule has 1 amide bonds. The Morgan fingerprint density at radius 2 is 2.00 bits per heavy atom. The predicted octanol–water partition coefficient (Wildman–Crippen LogP) is 1.44. The predicted molar refractivity (Wildman–Crippen MR) is 73.7 cm³/mol. The van der Waals surface area contributed by atoms with E-state index in [1.807, 2.05) is 11.8 Å². The topological polar surface area (TPSA) is 64.2 Å². The van der Waals surface area contributed by atoms with Crippen LogP contribution in [0.4, 0.5) is 5.69 Å². The van der Waals surface area contributed by atoms with Gasteiger partial charge in [-0.3, -0.25) is 9.48 Å². The van der Waals surface area contributed by atoms with Crippen molar-refractivity contribution in [1.29, 1.82) is 0 Å². The zero-order valence-electron chi connectivity index (χ0n) is 11.7. The van der Waals surface area contributed by atoms with Gasteiger partial charge in [0.15, 0.2) is 0 Å². The van der Waals surface area contributed by atoms with Gasteiger partial charge in [-0.1, -0.05) is 13.3 Å². The van der Waals surface area contributed by atoms with Crippen LogP contribution in [0.3, 0.4) is 0 Å². The Morgan fingerprint density at radius 3 is 2.53 bits per heavy atom. The number of carbonyl (C=O) groups excluding carboxylic acids is 1. The summed E-state index contributed by atoms with van der Waals surface area (Å²) in [4.78, 5) is 14.6. The molecule has 0 spiro atoms. The van der Waals surface area contributed by atoms with Crippen LogP contribution in [0.15, 0.2) is 0 Å². The highest BCUT2D eigenvalue weighted by Crippen LogP contribution is 2.38. The maximum Gasteiger partial charge on any atom is 0.274 e. The zero-order chi connectivity index (χ0) is 13.6. The van der Waals surface area contributed by atoms with Crippen LogP contribution in [0, 0.1) is 11.8 Å². The van der Waals surface area contributed by atoms with Gasteiger partial charge < -0.3 is 10.6 Å². The second kappa shape index (κ2) is 4.54. The Kier molecular flexibility index (Phi) is 2.99. The van der Waals surface area contributed by atoms with E-state index >= 15 is 0 Å². The third kappa shape index (κ3) is 1.91. The lowest BCUT2D eigenvalue weighted by Crippen LogP contribution is -2.31. The minimum atomic E-state index is 0.0570. The van der Waals surface area contributed by atoms with Crippen molar-refractivity contribution in [1.82, 2.24) is 14.7 Å². The Labute approximate surface area is 113 Å². The van der Waals surface area contributed by atoms with E-state index in [4.69, 9.17) is 5.73 Å². The van der Waals surface area contributed by atoms with Gasteiger partial charge in [-0.05, 0) is 31.1 Å². The lowest BCUT2D eigenvalue weighted by molar-refractivity contribution is 0.0771. The number of rotatable bonds is 2. The molecule has 5 nitrogen and oxygen atoms in total. The third-order valence-corrected chi connectivity index (χ3v) is 4.71. The van der Waals surface area contributed by atoms with Crippen molar-refractivity contribution in [2.75, 3.05) is 18.8 Å². The first-order valence-corrected chi connectivity index (χ1v) is 7.22. The van der Waals surface area contributed by atoms with E-state index in [0.29, 0.717) is 23.2 Å². The summed E-state index contributed by atoms with van der Waals surface area (Å²) in [6.45, 7) is 3.80. The summed E-state index contributed by atoms with van der Waals surface area (Å²) in [5, 5.41) is 4.34. The summed E-state index contributed by atoms with van der Waals surface area (Å²) < 4.78 is 1.64. The number of aromatic nitrogens is 2. The molecule has 2 aliphatic rings. The van der Waals surface area contributed by atoms with Crippen LogP contribution in [0.1, 0.15) is 42.4 Å². The van der Waals surface area contributed by atoms with Crippen molar-refractivity contribution in [3.05, 3.63) is 11.4 Å². The standard InChI is InChI=1S/C14H22N4O/c1-3-11-12(15)13(17(2)16-11)14(19)18-7-9-5-4-6-10(9)8-18/h9-10H,3-8,15H2,1-2H3. The van der Waals surface area contributed by atoms with E-state index in [1.54, 1.807) is 11.7 Å². The first-order chi connectivity index (χ1) is 9.11. The Hall–Kier alpha value is -1.52. The fraction of sp³-hybridized carbons (Fsp3) is 0.714. The fourth-order valence-electron chi connectivity index (χ4n) is 3.66. The minimum Gasteiger partial charge on any atom is -0.395 e. The zero-order valence-corrected chi connectivity index (χ0v) is 11.7. The van der Waals surface area contributed by atoms with Gasteiger partial charge in [0.05, 0.1) is 11.4 Å². The maximum absolute atomic E-state index is 12.6. The molecule has 5 heteroatoms. The van der Waals surface area contributed by atoms with Crippen LogP contribution >= 0.6 is 0 Å². The molecule has 2 fully saturated rings. The molecular formula is C14H22N4O. The summed E-state index contributed by atoms with van der Waals surface area (Å²) in [5.74, 6) is 1.48. The van der Waals surface area contributed by atoms with Gasteiger partial charge in [-0.15, -0.1) is 0 Å². The number of hydrogen-bond donors (Lipinski definition) is 1. The number of fused-ring (bicyclic) bond motifs is 1. The van der Waals surface area contributed by atoms with Gasteiger partial charge in [-0.25, -0.2) is 0 Å². The van der Waals surface area contributed by atoms with Crippen molar-refractivity contribution in [2.24, 2.45) is 18.9 Å². The number of nitrogen functional groups attached to an aromatic ring is 1. The quantitative estimate of drug-likeness (QED) is 0.877. The van der Waals surface area contributed by atoms with Crippen LogP contribution in [0.5, 0.6) is 0 Å². The van der Waals surface area contributed by atoms with Crippen LogP contribution in [-0.4, -0.2) is 33.7 Å². The molecule has 1 aliphatic carbocycles. The molecular weight excluding hydrogens is 240 g/mol. The van der Waals surface area contributed by atoms with Crippen molar-refractivity contribution in [3.63, 3.8) is 0 Å². The molecule has 1 aliphatic heterocycles. The number of likely N-dealkylation sites (tertiary alicyclic amines) is 1. The van der Waals surface area contributed by atoms with Crippen LogP contribution < -0.4 is 5.73 Å². The molecule has 2 unspecified atom stereocenters. The molecule has 3 rings (SSSR count). The second-order valence-corrected chi connectivity index (χ2v) is 5.85. The summed E-state index contributed by atoms with van der Waals surface area (Å²) >= 11 is 0. The van der Waals surface area contributed by atoms with Crippen molar-refractivity contribution in [3.8, 4) is 0 Å². The summed E-state index contributed by atoms with van der Waals surface area (Å²) in [6, 6.07) is 0. The number of aryl methyl sites for hydroxylation is 2. The van der Waals surface area contributed by atoms with Crippen molar-refractivity contribution in [2.45, 2.75) is 32.6 Å². The average Bonchev–Trinajstić information content (AvgIpc) is 3.01. The van der Waals surface area contributed by atoms with E-state index in [2.05, 4.69) is 5.10 Å². The summed E-state index contributed by atoms with van der Waals surface area (Å²) in [6.07, 6.45) is 4.63. The summed E-state index contributed by atoms with van der Waals surface area (Å²) in [7, 11) is 1.81. The molecule has 0 radical (unpaired) electrons. The van der Waals surface area contributed by atoms with E-state index < -0.39 is 0 Å². The van der Waals surface area contributed by atoms with Gasteiger partial charge in [0, 0.05) is 20.1 Å². The van der Waals surface area contributed by atoms with E-state index in [0.717, 1.165) is 25.2 Å². The number of nitrogens with two attached hydrogens (primary N) is 1. The van der Waals surface area contributed by atoms with Gasteiger partial charge >= 0.3 is 0 Å². The Morgan fingerprint density at radius 1 is 1.37 bits per heavy atom. The number of anilines is 1. The van der Waals surface area contributed by atoms with Gasteiger partial charge in [-0.2, -0.15) is 5.10 Å². The monoisotopic (exact) mass is 262 g/mol. The minimum absolute atomic E-state index is 0.0570. The molecule has 1 aromatic rings. The largest absolute Gasteiger partial charge is 0.395 e. The SMILES string of the molecule is CCc1nn(C)c(C(=O)N2CC3CCCC3C2)c1N. The smallest absolute Gasteiger partial charge is 0.274 e. The number of amides is 1. The molecule has 1 saturated heterocycles. The highest BCUT2D eigenvalue weighted by atomic mass is 16.2. The molecule has 2 heterocycles. The molecule has 2 N–H and O–H groups in total. The highest BCUT2D eigenvalue weighted by Gasteiger charge is 2.39. The average molecular weight is 262 g/mol. The van der Waals surface area contributed by atoms with Crippen LogP contribution in [0.2, 0.25) is 0 Å². The third-order valence-electron chi connectivity index (χ3n) is 4.71. The molecule has 104 valence electrons.